The first-order valence-electron chi connectivity index (χ1n) is 6.67. The molecule has 3 aromatic rings. The van der Waals surface area contributed by atoms with Gasteiger partial charge in [-0.2, -0.15) is 0 Å². The van der Waals surface area contributed by atoms with E-state index in [1.165, 1.54) is 0 Å². The van der Waals surface area contributed by atoms with Gasteiger partial charge in [-0.1, -0.05) is 11.6 Å². The minimum atomic E-state index is -0.118. The Bertz CT molecular complexity index is 935. The predicted molar refractivity (Wildman–Crippen MR) is 86.5 cm³/mol. The number of aryl methyl sites for hydroxylation is 1. The lowest BCUT2D eigenvalue weighted by molar-refractivity contribution is 0.410. The molecule has 0 aliphatic heterocycles. The zero-order valence-electron chi connectivity index (χ0n) is 12.4. The highest BCUT2D eigenvalue weighted by Gasteiger charge is 2.14. The van der Waals surface area contributed by atoms with Crippen LogP contribution < -0.4 is 10.3 Å². The van der Waals surface area contributed by atoms with E-state index in [9.17, 15) is 4.79 Å². The molecule has 3 rings (SSSR count). The third-order valence-corrected chi connectivity index (χ3v) is 3.96. The van der Waals surface area contributed by atoms with Crippen LogP contribution in [0.5, 0.6) is 5.75 Å². The van der Waals surface area contributed by atoms with Gasteiger partial charge in [0.15, 0.2) is 0 Å². The van der Waals surface area contributed by atoms with Gasteiger partial charge in [-0.3, -0.25) is 9.78 Å². The van der Waals surface area contributed by atoms with Gasteiger partial charge in [-0.25, -0.2) is 4.98 Å². The Labute approximate surface area is 132 Å². The molecular formula is C16H14ClN3O2. The molecule has 0 fully saturated rings. The predicted octanol–water partition coefficient (Wildman–Crippen LogP) is 2.97. The third kappa shape index (κ3) is 2.23. The van der Waals surface area contributed by atoms with Gasteiger partial charge in [-0.05, 0) is 19.1 Å². The second-order valence-corrected chi connectivity index (χ2v) is 5.39. The van der Waals surface area contributed by atoms with Crippen molar-refractivity contribution in [3.05, 3.63) is 51.8 Å². The summed E-state index contributed by atoms with van der Waals surface area (Å²) in [5.41, 5.74) is 2.80. The zero-order valence-corrected chi connectivity index (χ0v) is 13.2. The third-order valence-electron chi connectivity index (χ3n) is 3.75. The summed E-state index contributed by atoms with van der Waals surface area (Å²) in [6.07, 6.45) is 4.96. The van der Waals surface area contributed by atoms with Crippen LogP contribution in [-0.2, 0) is 7.05 Å². The topological polar surface area (TPSA) is 57.0 Å². The summed E-state index contributed by atoms with van der Waals surface area (Å²) in [5.74, 6) is 0.647. The molecule has 0 saturated carbocycles. The summed E-state index contributed by atoms with van der Waals surface area (Å²) < 4.78 is 6.85. The van der Waals surface area contributed by atoms with Crippen molar-refractivity contribution in [3.8, 4) is 16.9 Å². The molecular weight excluding hydrogens is 302 g/mol. The second kappa shape index (κ2) is 5.42. The average molecular weight is 316 g/mol. The molecule has 0 aliphatic rings. The van der Waals surface area contributed by atoms with Crippen molar-refractivity contribution in [2.24, 2.45) is 7.05 Å². The maximum Gasteiger partial charge on any atom is 0.258 e. The molecule has 0 spiro atoms. The number of fused-ring (bicyclic) bond motifs is 1. The molecule has 0 unspecified atom stereocenters. The number of hydrogen-bond acceptors (Lipinski definition) is 4. The smallest absolute Gasteiger partial charge is 0.258 e. The largest absolute Gasteiger partial charge is 0.495 e. The van der Waals surface area contributed by atoms with Gasteiger partial charge in [-0.15, -0.1) is 0 Å². The SMILES string of the molecule is COc1cncc(-c2cc3cnc(Cl)cc3n(C)c2=O)c1C. The molecule has 0 amide bonds. The van der Waals surface area contributed by atoms with E-state index in [-0.39, 0.29) is 5.56 Å². The molecule has 0 radical (unpaired) electrons. The van der Waals surface area contributed by atoms with E-state index >= 15 is 0 Å². The lowest BCUT2D eigenvalue weighted by Crippen LogP contribution is -2.19. The Morgan fingerprint density at radius 2 is 1.95 bits per heavy atom. The highest BCUT2D eigenvalue weighted by molar-refractivity contribution is 6.30. The lowest BCUT2D eigenvalue weighted by Gasteiger charge is -2.12. The van der Waals surface area contributed by atoms with Crippen molar-refractivity contribution in [2.75, 3.05) is 7.11 Å². The number of nitrogens with zero attached hydrogens (tertiary/aromatic N) is 3. The highest BCUT2D eigenvalue weighted by Crippen LogP contribution is 2.28. The zero-order chi connectivity index (χ0) is 15.9. The highest BCUT2D eigenvalue weighted by atomic mass is 35.5. The number of rotatable bonds is 2. The maximum absolute atomic E-state index is 12.7. The van der Waals surface area contributed by atoms with Gasteiger partial charge >= 0.3 is 0 Å². The Kier molecular flexibility index (Phi) is 3.58. The van der Waals surface area contributed by atoms with Gasteiger partial charge < -0.3 is 9.30 Å². The first-order valence-corrected chi connectivity index (χ1v) is 7.05. The van der Waals surface area contributed by atoms with E-state index < -0.39 is 0 Å². The van der Waals surface area contributed by atoms with E-state index in [1.807, 2.05) is 13.0 Å². The normalized spacial score (nSPS) is 10.9. The molecule has 0 aromatic carbocycles. The number of methoxy groups -OCH3 is 1. The van der Waals surface area contributed by atoms with Crippen LogP contribution in [0.2, 0.25) is 5.15 Å². The Morgan fingerprint density at radius 3 is 2.68 bits per heavy atom. The van der Waals surface area contributed by atoms with E-state index in [4.69, 9.17) is 16.3 Å². The Morgan fingerprint density at radius 1 is 1.18 bits per heavy atom. The number of pyridine rings is 3. The van der Waals surface area contributed by atoms with E-state index in [0.29, 0.717) is 16.5 Å². The van der Waals surface area contributed by atoms with E-state index in [1.54, 1.807) is 43.4 Å². The molecule has 112 valence electrons. The fourth-order valence-electron chi connectivity index (χ4n) is 2.52. The van der Waals surface area contributed by atoms with Crippen molar-refractivity contribution >= 4 is 22.5 Å². The standard InChI is InChI=1S/C16H14ClN3O2/c1-9-12(7-18-8-14(9)22-3)11-4-10-6-19-15(17)5-13(10)20(2)16(11)21/h4-8H,1-3H3. The molecule has 0 aliphatic carbocycles. The first-order chi connectivity index (χ1) is 10.5. The first kappa shape index (κ1) is 14.5. The van der Waals surface area contributed by atoms with Crippen LogP contribution in [0.4, 0.5) is 0 Å². The quantitative estimate of drug-likeness (QED) is 0.682. The summed E-state index contributed by atoms with van der Waals surface area (Å²) in [5, 5.41) is 1.19. The number of hydrogen-bond donors (Lipinski definition) is 0. The van der Waals surface area contributed by atoms with Crippen molar-refractivity contribution in [2.45, 2.75) is 6.92 Å². The summed E-state index contributed by atoms with van der Waals surface area (Å²) in [6, 6.07) is 3.49. The van der Waals surface area contributed by atoms with Crippen molar-refractivity contribution in [1.29, 1.82) is 0 Å². The van der Waals surface area contributed by atoms with Crippen LogP contribution >= 0.6 is 11.6 Å². The van der Waals surface area contributed by atoms with E-state index in [2.05, 4.69) is 9.97 Å². The number of aromatic nitrogens is 3. The molecule has 0 atom stereocenters. The molecule has 22 heavy (non-hydrogen) atoms. The molecule has 0 bridgehead atoms. The number of ether oxygens (including phenoxy) is 1. The van der Waals surface area contributed by atoms with Crippen LogP contribution in [-0.4, -0.2) is 21.6 Å². The molecule has 0 N–H and O–H groups in total. The van der Waals surface area contributed by atoms with Crippen molar-refractivity contribution < 1.29 is 4.74 Å². The summed E-state index contributed by atoms with van der Waals surface area (Å²) in [6.45, 7) is 1.90. The Balaban J connectivity index is 2.35. The van der Waals surface area contributed by atoms with E-state index in [0.717, 1.165) is 22.0 Å². The monoisotopic (exact) mass is 315 g/mol. The minimum absolute atomic E-state index is 0.118. The summed E-state index contributed by atoms with van der Waals surface area (Å²) in [7, 11) is 3.30. The van der Waals surface area contributed by atoms with Crippen LogP contribution in [0.1, 0.15) is 5.56 Å². The van der Waals surface area contributed by atoms with Crippen molar-refractivity contribution in [1.82, 2.24) is 14.5 Å². The van der Waals surface area contributed by atoms with Crippen molar-refractivity contribution in [3.63, 3.8) is 0 Å². The van der Waals surface area contributed by atoms with Gasteiger partial charge in [0.25, 0.3) is 5.56 Å². The lowest BCUT2D eigenvalue weighted by atomic mass is 10.0. The van der Waals surface area contributed by atoms with Gasteiger partial charge in [0.05, 0.1) is 18.8 Å². The van der Waals surface area contributed by atoms with Crippen LogP contribution in [0, 0.1) is 6.92 Å². The van der Waals surface area contributed by atoms with Crippen LogP contribution in [0.15, 0.2) is 35.5 Å². The Hall–Kier alpha value is -2.40. The molecule has 6 heteroatoms. The molecule has 3 aromatic heterocycles. The fourth-order valence-corrected chi connectivity index (χ4v) is 2.67. The molecule has 5 nitrogen and oxygen atoms in total. The fraction of sp³-hybridized carbons (Fsp3) is 0.188. The minimum Gasteiger partial charge on any atom is -0.495 e. The average Bonchev–Trinajstić information content (AvgIpc) is 2.52. The molecule has 3 heterocycles. The van der Waals surface area contributed by atoms with Gasteiger partial charge in [0, 0.05) is 41.5 Å². The maximum atomic E-state index is 12.7. The second-order valence-electron chi connectivity index (χ2n) is 5.00. The summed E-state index contributed by atoms with van der Waals surface area (Å²) in [4.78, 5) is 20.9. The van der Waals surface area contributed by atoms with Gasteiger partial charge in [0.1, 0.15) is 10.9 Å². The van der Waals surface area contributed by atoms with Gasteiger partial charge in [0.2, 0.25) is 0 Å². The number of halogens is 1. The molecule has 0 saturated heterocycles. The summed E-state index contributed by atoms with van der Waals surface area (Å²) >= 11 is 5.91. The van der Waals surface area contributed by atoms with Crippen LogP contribution in [0.3, 0.4) is 0 Å². The van der Waals surface area contributed by atoms with Crippen LogP contribution in [0.25, 0.3) is 22.0 Å².